The third-order valence-corrected chi connectivity index (χ3v) is 1.33. The van der Waals surface area contributed by atoms with E-state index in [-0.39, 0.29) is 0 Å². The van der Waals surface area contributed by atoms with Crippen LogP contribution in [0, 0.1) is 0 Å². The van der Waals surface area contributed by atoms with Crippen molar-refractivity contribution in [2.45, 2.75) is 12.5 Å². The molecule has 1 atom stereocenters. The lowest BCUT2D eigenvalue weighted by Gasteiger charge is -2.20. The van der Waals surface area contributed by atoms with E-state index < -0.39 is 0 Å². The van der Waals surface area contributed by atoms with Gasteiger partial charge in [-0.15, -0.1) is 0 Å². The minimum absolute atomic E-state index is 0.302. The number of hydrogen-bond donors (Lipinski definition) is 2. The van der Waals surface area contributed by atoms with E-state index in [1.54, 1.807) is 0 Å². The van der Waals surface area contributed by atoms with Gasteiger partial charge in [-0.3, -0.25) is 0 Å². The molecule has 2 nitrogen and oxygen atoms in total. The first-order chi connectivity index (χ1) is 3.79. The Morgan fingerprint density at radius 1 is 1.75 bits per heavy atom. The van der Waals surface area contributed by atoms with E-state index in [0.717, 1.165) is 19.5 Å². The van der Waals surface area contributed by atoms with Crippen LogP contribution in [0.5, 0.6) is 0 Å². The molecule has 1 heterocycles. The van der Waals surface area contributed by atoms with Gasteiger partial charge in [0.1, 0.15) is 0 Å². The third-order valence-electron chi connectivity index (χ3n) is 1.33. The standard InChI is InChI=1S/C6H12N2/c1-5-2-6(7)4-8-3-5/h6,8H,1-4,7H2. The first kappa shape index (κ1) is 5.79. The van der Waals surface area contributed by atoms with Gasteiger partial charge >= 0.3 is 0 Å². The maximum atomic E-state index is 5.60. The van der Waals surface area contributed by atoms with E-state index in [4.69, 9.17) is 5.73 Å². The number of nitrogens with two attached hydrogens (primary N) is 1. The molecule has 0 saturated carbocycles. The zero-order valence-electron chi connectivity index (χ0n) is 4.98. The Kier molecular flexibility index (Phi) is 1.65. The number of nitrogens with one attached hydrogen (secondary N) is 1. The van der Waals surface area contributed by atoms with Crippen molar-refractivity contribution in [2.75, 3.05) is 13.1 Å². The Labute approximate surface area is 49.8 Å². The zero-order valence-corrected chi connectivity index (χ0v) is 4.98. The van der Waals surface area contributed by atoms with Crippen molar-refractivity contribution >= 4 is 0 Å². The Hall–Kier alpha value is -0.340. The van der Waals surface area contributed by atoms with Crippen molar-refractivity contribution in [1.82, 2.24) is 5.32 Å². The molecule has 1 aliphatic rings. The second-order valence-electron chi connectivity index (χ2n) is 2.35. The van der Waals surface area contributed by atoms with Crippen LogP contribution in [0.2, 0.25) is 0 Å². The summed E-state index contributed by atoms with van der Waals surface area (Å²) in [7, 11) is 0. The quantitative estimate of drug-likeness (QED) is 0.428. The van der Waals surface area contributed by atoms with E-state index in [1.165, 1.54) is 5.57 Å². The van der Waals surface area contributed by atoms with Crippen molar-refractivity contribution in [3.63, 3.8) is 0 Å². The fraction of sp³-hybridized carbons (Fsp3) is 0.667. The van der Waals surface area contributed by atoms with Gasteiger partial charge in [-0.25, -0.2) is 0 Å². The number of hydrogen-bond acceptors (Lipinski definition) is 2. The number of rotatable bonds is 0. The highest BCUT2D eigenvalue weighted by Gasteiger charge is 2.09. The molecule has 0 spiro atoms. The van der Waals surface area contributed by atoms with Gasteiger partial charge in [0, 0.05) is 19.1 Å². The molecule has 1 aliphatic heterocycles. The molecule has 0 radical (unpaired) electrons. The molecule has 1 unspecified atom stereocenters. The van der Waals surface area contributed by atoms with Crippen LogP contribution in [0.15, 0.2) is 12.2 Å². The lowest BCUT2D eigenvalue weighted by atomic mass is 10.1. The molecule has 3 N–H and O–H groups in total. The summed E-state index contributed by atoms with van der Waals surface area (Å²) in [5.74, 6) is 0. The molecule has 0 aromatic carbocycles. The van der Waals surface area contributed by atoms with Crippen LogP contribution in [0.1, 0.15) is 6.42 Å². The monoisotopic (exact) mass is 112 g/mol. The smallest absolute Gasteiger partial charge is 0.0203 e. The fourth-order valence-corrected chi connectivity index (χ4v) is 0.949. The lowest BCUT2D eigenvalue weighted by molar-refractivity contribution is 0.534. The van der Waals surface area contributed by atoms with E-state index in [2.05, 4.69) is 11.9 Å². The molecule has 0 aromatic rings. The van der Waals surface area contributed by atoms with Crippen molar-refractivity contribution in [3.8, 4) is 0 Å². The van der Waals surface area contributed by atoms with Crippen molar-refractivity contribution in [1.29, 1.82) is 0 Å². The molecule has 2 heteroatoms. The summed E-state index contributed by atoms with van der Waals surface area (Å²) in [6.45, 7) is 5.72. The first-order valence-electron chi connectivity index (χ1n) is 2.92. The summed E-state index contributed by atoms with van der Waals surface area (Å²) in [6.07, 6.45) is 0.993. The Bertz CT molecular complexity index is 98.7. The van der Waals surface area contributed by atoms with Crippen molar-refractivity contribution < 1.29 is 0 Å². The second kappa shape index (κ2) is 2.29. The molecule has 0 amide bonds. The molecule has 0 aromatic heterocycles. The predicted molar refractivity (Wildman–Crippen MR) is 34.6 cm³/mol. The molecule has 1 fully saturated rings. The van der Waals surface area contributed by atoms with E-state index in [9.17, 15) is 0 Å². The molecule has 46 valence electrons. The van der Waals surface area contributed by atoms with Gasteiger partial charge in [0.25, 0.3) is 0 Å². The van der Waals surface area contributed by atoms with Crippen LogP contribution in [0.25, 0.3) is 0 Å². The molecule has 0 aliphatic carbocycles. The molecule has 1 saturated heterocycles. The summed E-state index contributed by atoms with van der Waals surface area (Å²) in [4.78, 5) is 0. The molecule has 1 rings (SSSR count). The van der Waals surface area contributed by atoms with Gasteiger partial charge in [0.05, 0.1) is 0 Å². The van der Waals surface area contributed by atoms with E-state index in [0.29, 0.717) is 6.04 Å². The van der Waals surface area contributed by atoms with Gasteiger partial charge in [0.15, 0.2) is 0 Å². The summed E-state index contributed by atoms with van der Waals surface area (Å²) >= 11 is 0. The minimum atomic E-state index is 0.302. The third kappa shape index (κ3) is 1.32. The Morgan fingerprint density at radius 3 is 2.88 bits per heavy atom. The maximum Gasteiger partial charge on any atom is 0.0203 e. The van der Waals surface area contributed by atoms with Crippen molar-refractivity contribution in [3.05, 3.63) is 12.2 Å². The summed E-state index contributed by atoms with van der Waals surface area (Å²) in [5.41, 5.74) is 6.83. The van der Waals surface area contributed by atoms with Crippen LogP contribution in [0.3, 0.4) is 0 Å². The molecule has 0 bridgehead atoms. The normalized spacial score (nSPS) is 30.6. The van der Waals surface area contributed by atoms with E-state index >= 15 is 0 Å². The fourth-order valence-electron chi connectivity index (χ4n) is 0.949. The van der Waals surface area contributed by atoms with Crippen molar-refractivity contribution in [2.24, 2.45) is 5.73 Å². The van der Waals surface area contributed by atoms with Crippen LogP contribution < -0.4 is 11.1 Å². The highest BCUT2D eigenvalue weighted by molar-refractivity contribution is 5.03. The molecular weight excluding hydrogens is 100 g/mol. The maximum absolute atomic E-state index is 5.60. The zero-order chi connectivity index (χ0) is 5.98. The Morgan fingerprint density at radius 2 is 2.50 bits per heavy atom. The molecule has 8 heavy (non-hydrogen) atoms. The second-order valence-corrected chi connectivity index (χ2v) is 2.35. The van der Waals surface area contributed by atoms with Crippen LogP contribution in [-0.2, 0) is 0 Å². The van der Waals surface area contributed by atoms with Crippen LogP contribution in [-0.4, -0.2) is 19.1 Å². The average Bonchev–Trinajstić information content (AvgIpc) is 1.64. The van der Waals surface area contributed by atoms with Gasteiger partial charge in [-0.1, -0.05) is 12.2 Å². The van der Waals surface area contributed by atoms with Gasteiger partial charge < -0.3 is 11.1 Å². The predicted octanol–water partition coefficient (Wildman–Crippen LogP) is -0.137. The minimum Gasteiger partial charge on any atom is -0.326 e. The lowest BCUT2D eigenvalue weighted by Crippen LogP contribution is -2.40. The Balaban J connectivity index is 2.34. The summed E-state index contributed by atoms with van der Waals surface area (Å²) in [5, 5.41) is 3.16. The van der Waals surface area contributed by atoms with Crippen LogP contribution >= 0.6 is 0 Å². The summed E-state index contributed by atoms with van der Waals surface area (Å²) in [6, 6.07) is 0.302. The highest BCUT2D eigenvalue weighted by atomic mass is 14.9. The molecular formula is C6H12N2. The topological polar surface area (TPSA) is 38.0 Å². The highest BCUT2D eigenvalue weighted by Crippen LogP contribution is 2.03. The van der Waals surface area contributed by atoms with Gasteiger partial charge in [0.2, 0.25) is 0 Å². The first-order valence-corrected chi connectivity index (χ1v) is 2.92. The summed E-state index contributed by atoms with van der Waals surface area (Å²) < 4.78 is 0. The van der Waals surface area contributed by atoms with Gasteiger partial charge in [-0.05, 0) is 6.42 Å². The van der Waals surface area contributed by atoms with Crippen LogP contribution in [0.4, 0.5) is 0 Å². The SMILES string of the molecule is C=C1CNCC(N)C1. The van der Waals surface area contributed by atoms with Gasteiger partial charge in [-0.2, -0.15) is 0 Å². The number of piperidine rings is 1. The average molecular weight is 112 g/mol. The largest absolute Gasteiger partial charge is 0.326 e. The van der Waals surface area contributed by atoms with E-state index in [1.807, 2.05) is 0 Å².